The van der Waals surface area contributed by atoms with Crippen molar-refractivity contribution in [2.24, 2.45) is 0 Å². The van der Waals surface area contributed by atoms with Gasteiger partial charge in [0.15, 0.2) is 5.11 Å². The van der Waals surface area contributed by atoms with Gasteiger partial charge in [0.25, 0.3) is 0 Å². The van der Waals surface area contributed by atoms with Crippen molar-refractivity contribution in [3.05, 3.63) is 107 Å². The number of nitrogens with zero attached hydrogens (tertiary/aromatic N) is 2. The highest BCUT2D eigenvalue weighted by Crippen LogP contribution is 2.43. The van der Waals surface area contributed by atoms with Crippen molar-refractivity contribution in [1.29, 1.82) is 0 Å². The van der Waals surface area contributed by atoms with Crippen molar-refractivity contribution in [3.8, 4) is 11.3 Å². The molecule has 1 saturated heterocycles. The number of hydrogen-bond acceptors (Lipinski definition) is 3. The van der Waals surface area contributed by atoms with Crippen LogP contribution in [-0.2, 0) is 0 Å². The molecule has 160 valence electrons. The second kappa shape index (κ2) is 8.41. The predicted octanol–water partition coefficient (Wildman–Crippen LogP) is 6.79. The number of benzene rings is 2. The molecule has 1 aliphatic rings. The summed E-state index contributed by atoms with van der Waals surface area (Å²) in [5, 5.41) is 4.82. The maximum atomic E-state index is 6.40. The Morgan fingerprint density at radius 1 is 1.00 bits per heavy atom. The maximum absolute atomic E-state index is 6.40. The number of halogens is 1. The quantitative estimate of drug-likeness (QED) is 0.340. The van der Waals surface area contributed by atoms with E-state index in [1.54, 1.807) is 6.20 Å². The first-order chi connectivity index (χ1) is 15.5. The minimum atomic E-state index is -0.185. The van der Waals surface area contributed by atoms with Crippen molar-refractivity contribution in [2.75, 3.05) is 4.90 Å². The first kappa shape index (κ1) is 20.7. The highest BCUT2D eigenvalue weighted by atomic mass is 35.5. The fourth-order valence-corrected chi connectivity index (χ4v) is 4.57. The van der Waals surface area contributed by atoms with Crippen molar-refractivity contribution in [1.82, 2.24) is 10.3 Å². The molecule has 4 aromatic rings. The van der Waals surface area contributed by atoms with Gasteiger partial charge >= 0.3 is 0 Å². The SMILES string of the molecule is Cc1ccc(N2C(=S)N[C@@H](c3ccccn3)[C@@H]2c2ccc(-c3ccc(C)c(Cl)c3)o2)cc1. The molecule has 0 aliphatic carbocycles. The molecule has 0 radical (unpaired) electrons. The number of furan rings is 1. The molecule has 5 rings (SSSR count). The molecule has 0 saturated carbocycles. The smallest absolute Gasteiger partial charge is 0.174 e. The molecule has 0 bridgehead atoms. The first-order valence-electron chi connectivity index (χ1n) is 10.4. The van der Waals surface area contributed by atoms with Gasteiger partial charge in [-0.15, -0.1) is 0 Å². The average molecular weight is 460 g/mol. The lowest BCUT2D eigenvalue weighted by molar-refractivity contribution is 0.439. The molecule has 0 amide bonds. The topological polar surface area (TPSA) is 41.3 Å². The van der Waals surface area contributed by atoms with E-state index in [-0.39, 0.29) is 12.1 Å². The summed E-state index contributed by atoms with van der Waals surface area (Å²) < 4.78 is 6.40. The van der Waals surface area contributed by atoms with Crippen LogP contribution in [0.5, 0.6) is 0 Å². The minimum absolute atomic E-state index is 0.148. The fourth-order valence-electron chi connectivity index (χ4n) is 4.04. The standard InChI is InChI=1S/C26H22ClN3OS/c1-16-6-10-19(11-7-16)30-25(24(29-26(30)32)21-5-3-4-14-28-21)23-13-12-22(31-23)18-9-8-17(2)20(27)15-18/h3-15,24-25H,1-2H3,(H,29,32)/t24-,25-/m0/s1. The van der Waals surface area contributed by atoms with Crippen molar-refractivity contribution in [2.45, 2.75) is 25.9 Å². The van der Waals surface area contributed by atoms with Gasteiger partial charge in [-0.1, -0.05) is 47.5 Å². The Morgan fingerprint density at radius 3 is 2.53 bits per heavy atom. The molecule has 1 aliphatic heterocycles. The summed E-state index contributed by atoms with van der Waals surface area (Å²) in [6.45, 7) is 4.06. The van der Waals surface area contributed by atoms with Gasteiger partial charge < -0.3 is 14.6 Å². The van der Waals surface area contributed by atoms with Gasteiger partial charge in [0.2, 0.25) is 0 Å². The van der Waals surface area contributed by atoms with Crippen molar-refractivity contribution >= 4 is 34.6 Å². The molecule has 4 nitrogen and oxygen atoms in total. The molecular weight excluding hydrogens is 438 g/mol. The van der Waals surface area contributed by atoms with E-state index in [0.29, 0.717) is 5.11 Å². The largest absolute Gasteiger partial charge is 0.459 e. The lowest BCUT2D eigenvalue weighted by atomic mass is 10.0. The third kappa shape index (κ3) is 3.78. The summed E-state index contributed by atoms with van der Waals surface area (Å²) >= 11 is 12.1. The van der Waals surface area contributed by atoms with Gasteiger partial charge in [0.05, 0.1) is 11.7 Å². The number of hydrogen-bond donors (Lipinski definition) is 1. The van der Waals surface area contributed by atoms with E-state index in [2.05, 4.69) is 46.4 Å². The number of aryl methyl sites for hydroxylation is 2. The van der Waals surface area contributed by atoms with E-state index in [1.807, 2.05) is 55.5 Å². The van der Waals surface area contributed by atoms with Crippen LogP contribution >= 0.6 is 23.8 Å². The fraction of sp³-hybridized carbons (Fsp3) is 0.154. The van der Waals surface area contributed by atoms with Crippen LogP contribution in [0.3, 0.4) is 0 Å². The molecule has 0 spiro atoms. The number of rotatable bonds is 4. The minimum Gasteiger partial charge on any atom is -0.459 e. The summed E-state index contributed by atoms with van der Waals surface area (Å²) in [6.07, 6.45) is 1.80. The zero-order valence-corrected chi connectivity index (χ0v) is 19.3. The van der Waals surface area contributed by atoms with Crippen LogP contribution in [0.2, 0.25) is 5.02 Å². The molecular formula is C26H22ClN3OS. The van der Waals surface area contributed by atoms with Crippen LogP contribution in [0.4, 0.5) is 5.69 Å². The van der Waals surface area contributed by atoms with Gasteiger partial charge in [0, 0.05) is 22.5 Å². The molecule has 0 unspecified atom stereocenters. The van der Waals surface area contributed by atoms with E-state index in [1.165, 1.54) is 5.56 Å². The second-order valence-electron chi connectivity index (χ2n) is 8.00. The molecule has 32 heavy (non-hydrogen) atoms. The van der Waals surface area contributed by atoms with Gasteiger partial charge in [-0.25, -0.2) is 0 Å². The third-order valence-electron chi connectivity index (χ3n) is 5.78. The molecule has 2 atom stereocenters. The van der Waals surface area contributed by atoms with Gasteiger partial charge in [-0.3, -0.25) is 4.98 Å². The number of aromatic nitrogens is 1. The summed E-state index contributed by atoms with van der Waals surface area (Å²) in [7, 11) is 0. The maximum Gasteiger partial charge on any atom is 0.174 e. The van der Waals surface area contributed by atoms with E-state index in [0.717, 1.165) is 39.1 Å². The Labute approximate surface area is 197 Å². The van der Waals surface area contributed by atoms with Crippen LogP contribution in [-0.4, -0.2) is 10.1 Å². The Morgan fingerprint density at radius 2 is 1.81 bits per heavy atom. The summed E-state index contributed by atoms with van der Waals surface area (Å²) in [6, 6.07) is 23.9. The van der Waals surface area contributed by atoms with Crippen LogP contribution < -0.4 is 10.2 Å². The molecule has 6 heteroatoms. The van der Waals surface area contributed by atoms with Crippen molar-refractivity contribution in [3.63, 3.8) is 0 Å². The van der Waals surface area contributed by atoms with Crippen molar-refractivity contribution < 1.29 is 4.42 Å². The van der Waals surface area contributed by atoms with Crippen LogP contribution in [0, 0.1) is 13.8 Å². The Balaban J connectivity index is 1.59. The lowest BCUT2D eigenvalue weighted by Gasteiger charge is -2.26. The van der Waals surface area contributed by atoms with Gasteiger partial charge in [0.1, 0.15) is 17.6 Å². The number of thiocarbonyl (C=S) groups is 1. The monoisotopic (exact) mass is 459 g/mol. The van der Waals surface area contributed by atoms with Crippen LogP contribution in [0.25, 0.3) is 11.3 Å². The molecule has 2 aromatic heterocycles. The normalized spacial score (nSPS) is 18.1. The van der Waals surface area contributed by atoms with Crippen LogP contribution in [0.15, 0.2) is 83.4 Å². The molecule has 2 aromatic carbocycles. The van der Waals surface area contributed by atoms with E-state index >= 15 is 0 Å². The first-order valence-corrected chi connectivity index (χ1v) is 11.2. The number of pyridine rings is 1. The molecule has 1 fully saturated rings. The molecule has 1 N–H and O–H groups in total. The number of nitrogens with one attached hydrogen (secondary N) is 1. The third-order valence-corrected chi connectivity index (χ3v) is 6.51. The summed E-state index contributed by atoms with van der Waals surface area (Å²) in [5.74, 6) is 1.57. The highest BCUT2D eigenvalue weighted by Gasteiger charge is 2.42. The van der Waals surface area contributed by atoms with E-state index in [9.17, 15) is 0 Å². The Kier molecular flexibility index (Phi) is 5.45. The predicted molar refractivity (Wildman–Crippen MR) is 133 cm³/mol. The zero-order chi connectivity index (χ0) is 22.2. The Bertz CT molecular complexity index is 1270. The van der Waals surface area contributed by atoms with Crippen LogP contribution in [0.1, 0.15) is 34.7 Å². The second-order valence-corrected chi connectivity index (χ2v) is 8.79. The highest BCUT2D eigenvalue weighted by molar-refractivity contribution is 7.80. The lowest BCUT2D eigenvalue weighted by Crippen LogP contribution is -2.29. The van der Waals surface area contributed by atoms with E-state index in [4.69, 9.17) is 28.2 Å². The number of anilines is 1. The molecule has 3 heterocycles. The summed E-state index contributed by atoms with van der Waals surface area (Å²) in [5.41, 5.74) is 5.09. The van der Waals surface area contributed by atoms with Gasteiger partial charge in [-0.2, -0.15) is 0 Å². The Hall–Kier alpha value is -3.15. The zero-order valence-electron chi connectivity index (χ0n) is 17.7. The summed E-state index contributed by atoms with van der Waals surface area (Å²) in [4.78, 5) is 6.70. The van der Waals surface area contributed by atoms with E-state index < -0.39 is 0 Å². The van der Waals surface area contributed by atoms with Gasteiger partial charge in [-0.05, 0) is 74.1 Å². The average Bonchev–Trinajstić information content (AvgIpc) is 3.41.